The second-order valence-electron chi connectivity index (χ2n) is 6.19. The standard InChI is InChI=1S/C20H20N2O/c23-20-19(22-14-12-17-9-4-5-10-18(17)22)11-6-13-21(20)15-16-7-2-1-3-8-16/h1-5,7-10,12,14,19H,6,11,13,15H2. The Balaban J connectivity index is 1.61. The molecule has 2 heterocycles. The molecule has 3 aromatic rings. The minimum atomic E-state index is -0.0765. The molecule has 0 saturated carbocycles. The van der Waals surface area contributed by atoms with Crippen molar-refractivity contribution in [3.05, 3.63) is 72.4 Å². The highest BCUT2D eigenvalue weighted by Gasteiger charge is 2.30. The van der Waals surface area contributed by atoms with Crippen LogP contribution in [-0.4, -0.2) is 21.9 Å². The molecule has 1 amide bonds. The fourth-order valence-electron chi connectivity index (χ4n) is 3.52. The molecule has 1 atom stereocenters. The van der Waals surface area contributed by atoms with Crippen LogP contribution in [0.4, 0.5) is 0 Å². The van der Waals surface area contributed by atoms with Crippen molar-refractivity contribution in [1.82, 2.24) is 9.47 Å². The van der Waals surface area contributed by atoms with E-state index in [-0.39, 0.29) is 11.9 Å². The molecule has 1 aliphatic rings. The number of aromatic nitrogens is 1. The van der Waals surface area contributed by atoms with Gasteiger partial charge in [0.25, 0.3) is 0 Å². The molecule has 0 radical (unpaired) electrons. The van der Waals surface area contributed by atoms with Crippen molar-refractivity contribution in [2.24, 2.45) is 0 Å². The number of carbonyl (C=O) groups excluding carboxylic acids is 1. The van der Waals surface area contributed by atoms with Crippen LogP contribution in [0.15, 0.2) is 66.9 Å². The summed E-state index contributed by atoms with van der Waals surface area (Å²) in [5, 5.41) is 1.19. The van der Waals surface area contributed by atoms with Crippen molar-refractivity contribution in [2.75, 3.05) is 6.54 Å². The third kappa shape index (κ3) is 2.63. The number of rotatable bonds is 3. The number of para-hydroxylation sites is 1. The molecule has 0 aliphatic carbocycles. The molecule has 116 valence electrons. The van der Waals surface area contributed by atoms with Crippen LogP contribution in [0, 0.1) is 0 Å². The van der Waals surface area contributed by atoms with Gasteiger partial charge < -0.3 is 9.47 Å². The van der Waals surface area contributed by atoms with Gasteiger partial charge in [-0.05, 0) is 35.9 Å². The summed E-state index contributed by atoms with van der Waals surface area (Å²) in [5.41, 5.74) is 2.34. The largest absolute Gasteiger partial charge is 0.337 e. The van der Waals surface area contributed by atoms with E-state index in [1.807, 2.05) is 35.2 Å². The van der Waals surface area contributed by atoms with E-state index in [1.54, 1.807) is 0 Å². The quantitative estimate of drug-likeness (QED) is 0.718. The molecule has 1 unspecified atom stereocenters. The van der Waals surface area contributed by atoms with Gasteiger partial charge >= 0.3 is 0 Å². The first-order valence-corrected chi connectivity index (χ1v) is 8.21. The first-order valence-electron chi connectivity index (χ1n) is 8.21. The molecule has 1 aromatic heterocycles. The van der Waals surface area contributed by atoms with E-state index in [0.29, 0.717) is 6.54 Å². The Morgan fingerprint density at radius 2 is 1.74 bits per heavy atom. The Bertz CT molecular complexity index is 822. The summed E-state index contributed by atoms with van der Waals surface area (Å²) in [4.78, 5) is 15.0. The van der Waals surface area contributed by atoms with Gasteiger partial charge in [-0.25, -0.2) is 0 Å². The average molecular weight is 304 g/mol. The van der Waals surface area contributed by atoms with Gasteiger partial charge in [-0.15, -0.1) is 0 Å². The van der Waals surface area contributed by atoms with Crippen LogP contribution >= 0.6 is 0 Å². The van der Waals surface area contributed by atoms with E-state index in [4.69, 9.17) is 0 Å². The molecule has 1 fully saturated rings. The maximum atomic E-state index is 13.0. The van der Waals surface area contributed by atoms with E-state index in [9.17, 15) is 4.79 Å². The Labute approximate surface area is 136 Å². The SMILES string of the molecule is O=C1C(n2ccc3ccccc32)CCCN1Cc1ccccc1. The zero-order valence-electron chi connectivity index (χ0n) is 13.1. The number of likely N-dealkylation sites (tertiary alicyclic amines) is 1. The van der Waals surface area contributed by atoms with Crippen molar-refractivity contribution < 1.29 is 4.79 Å². The van der Waals surface area contributed by atoms with Crippen LogP contribution in [0.5, 0.6) is 0 Å². The molecule has 1 aliphatic heterocycles. The van der Waals surface area contributed by atoms with Crippen LogP contribution in [0.3, 0.4) is 0 Å². The van der Waals surface area contributed by atoms with Gasteiger partial charge in [-0.2, -0.15) is 0 Å². The molecule has 0 N–H and O–H groups in total. The number of carbonyl (C=O) groups is 1. The molecule has 0 bridgehead atoms. The van der Waals surface area contributed by atoms with Crippen LogP contribution in [-0.2, 0) is 11.3 Å². The lowest BCUT2D eigenvalue weighted by atomic mass is 10.0. The van der Waals surface area contributed by atoms with Crippen molar-refractivity contribution >= 4 is 16.8 Å². The van der Waals surface area contributed by atoms with Crippen molar-refractivity contribution in [3.8, 4) is 0 Å². The number of piperidine rings is 1. The molecule has 2 aromatic carbocycles. The number of hydrogen-bond donors (Lipinski definition) is 0. The highest BCUT2D eigenvalue weighted by atomic mass is 16.2. The minimum Gasteiger partial charge on any atom is -0.337 e. The summed E-state index contributed by atoms with van der Waals surface area (Å²) < 4.78 is 2.15. The smallest absolute Gasteiger partial charge is 0.245 e. The molecule has 0 spiro atoms. The molecular formula is C20H20N2O. The predicted octanol–water partition coefficient (Wildman–Crippen LogP) is 4.01. The Kier molecular flexibility index (Phi) is 3.62. The second-order valence-corrected chi connectivity index (χ2v) is 6.19. The van der Waals surface area contributed by atoms with E-state index in [2.05, 4.69) is 41.1 Å². The van der Waals surface area contributed by atoms with Crippen LogP contribution in [0.2, 0.25) is 0 Å². The van der Waals surface area contributed by atoms with E-state index >= 15 is 0 Å². The fourth-order valence-corrected chi connectivity index (χ4v) is 3.52. The zero-order chi connectivity index (χ0) is 15.6. The second kappa shape index (κ2) is 5.92. The van der Waals surface area contributed by atoms with Crippen molar-refractivity contribution in [3.63, 3.8) is 0 Å². The lowest BCUT2D eigenvalue weighted by Crippen LogP contribution is -2.41. The Morgan fingerprint density at radius 3 is 2.61 bits per heavy atom. The van der Waals surface area contributed by atoms with Crippen LogP contribution < -0.4 is 0 Å². The monoisotopic (exact) mass is 304 g/mol. The maximum Gasteiger partial charge on any atom is 0.245 e. The number of fused-ring (bicyclic) bond motifs is 1. The number of nitrogens with zero attached hydrogens (tertiary/aromatic N) is 2. The van der Waals surface area contributed by atoms with Gasteiger partial charge in [0.05, 0.1) is 0 Å². The zero-order valence-corrected chi connectivity index (χ0v) is 13.1. The number of amides is 1. The van der Waals surface area contributed by atoms with Crippen LogP contribution in [0.25, 0.3) is 10.9 Å². The minimum absolute atomic E-state index is 0.0765. The van der Waals surface area contributed by atoms with E-state index < -0.39 is 0 Å². The van der Waals surface area contributed by atoms with Gasteiger partial charge in [-0.1, -0.05) is 48.5 Å². The highest BCUT2D eigenvalue weighted by molar-refractivity contribution is 5.86. The first kappa shape index (κ1) is 14.1. The topological polar surface area (TPSA) is 25.2 Å². The van der Waals surface area contributed by atoms with Gasteiger partial charge in [0, 0.05) is 24.8 Å². The molecule has 3 nitrogen and oxygen atoms in total. The van der Waals surface area contributed by atoms with Gasteiger partial charge in [-0.3, -0.25) is 4.79 Å². The van der Waals surface area contributed by atoms with E-state index in [1.165, 1.54) is 10.9 Å². The van der Waals surface area contributed by atoms with Crippen molar-refractivity contribution in [2.45, 2.75) is 25.4 Å². The predicted molar refractivity (Wildman–Crippen MR) is 92.1 cm³/mol. The summed E-state index contributed by atoms with van der Waals surface area (Å²) in [7, 11) is 0. The molecular weight excluding hydrogens is 284 g/mol. The average Bonchev–Trinajstić information content (AvgIpc) is 3.02. The fraction of sp³-hybridized carbons (Fsp3) is 0.250. The summed E-state index contributed by atoms with van der Waals surface area (Å²) >= 11 is 0. The van der Waals surface area contributed by atoms with Gasteiger partial charge in [0.1, 0.15) is 6.04 Å². The first-order chi connectivity index (χ1) is 11.3. The van der Waals surface area contributed by atoms with E-state index in [0.717, 1.165) is 24.9 Å². The third-order valence-corrected chi connectivity index (χ3v) is 4.68. The normalized spacial score (nSPS) is 18.5. The molecule has 4 rings (SSSR count). The summed E-state index contributed by atoms with van der Waals surface area (Å²) in [6.45, 7) is 1.55. The number of benzene rings is 2. The number of hydrogen-bond acceptors (Lipinski definition) is 1. The van der Waals surface area contributed by atoms with Gasteiger partial charge in [0.15, 0.2) is 0 Å². The summed E-state index contributed by atoms with van der Waals surface area (Å²) in [6.07, 6.45) is 4.03. The van der Waals surface area contributed by atoms with Crippen molar-refractivity contribution in [1.29, 1.82) is 0 Å². The summed E-state index contributed by atoms with van der Waals surface area (Å²) in [6, 6.07) is 20.5. The lowest BCUT2D eigenvalue weighted by Gasteiger charge is -2.33. The molecule has 3 heteroatoms. The Hall–Kier alpha value is -2.55. The third-order valence-electron chi connectivity index (χ3n) is 4.68. The summed E-state index contributed by atoms with van der Waals surface area (Å²) in [5.74, 6) is 0.237. The lowest BCUT2D eigenvalue weighted by molar-refractivity contribution is -0.138. The Morgan fingerprint density at radius 1 is 0.957 bits per heavy atom. The molecule has 1 saturated heterocycles. The molecule has 23 heavy (non-hydrogen) atoms. The van der Waals surface area contributed by atoms with Crippen LogP contribution in [0.1, 0.15) is 24.4 Å². The highest BCUT2D eigenvalue weighted by Crippen LogP contribution is 2.28. The van der Waals surface area contributed by atoms with Gasteiger partial charge in [0.2, 0.25) is 5.91 Å². The maximum absolute atomic E-state index is 13.0.